The summed E-state index contributed by atoms with van der Waals surface area (Å²) in [5, 5.41) is 15.6. The van der Waals surface area contributed by atoms with Crippen molar-refractivity contribution >= 4 is 200 Å². The minimum Gasteiger partial charge on any atom is -0.396 e. The number of nitrogens with one attached hydrogen (secondary N) is 1. The van der Waals surface area contributed by atoms with Crippen LogP contribution in [0.3, 0.4) is 0 Å². The highest BCUT2D eigenvalue weighted by Crippen LogP contribution is 2.49. The molecule has 3 nitrogen and oxygen atoms in total. The lowest BCUT2D eigenvalue weighted by molar-refractivity contribution is 0.629. The fourth-order valence-corrected chi connectivity index (χ4v) is 20.4. The van der Waals surface area contributed by atoms with Crippen molar-refractivity contribution in [1.29, 1.82) is 0 Å². The van der Waals surface area contributed by atoms with Crippen molar-refractivity contribution in [2.45, 2.75) is 14.9 Å². The van der Waals surface area contributed by atoms with Gasteiger partial charge in [0.15, 0.2) is 0 Å². The summed E-state index contributed by atoms with van der Waals surface area (Å²) in [6.07, 6.45) is 0. The molecule has 0 aliphatic heterocycles. The number of rotatable bonds is 13. The maximum atomic E-state index is 17.1. The maximum absolute atomic E-state index is 17.1. The molecule has 23 aromatic rings. The van der Waals surface area contributed by atoms with Crippen LogP contribution in [-0.4, -0.2) is 8.41 Å². The van der Waals surface area contributed by atoms with Gasteiger partial charge in [-0.25, -0.2) is 13.2 Å². The Hall–Kier alpha value is -14.0. The van der Waals surface area contributed by atoms with Gasteiger partial charge in [0.1, 0.15) is 17.5 Å². The van der Waals surface area contributed by atoms with Gasteiger partial charge in [-0.15, -0.1) is 46.7 Å². The van der Waals surface area contributed by atoms with Gasteiger partial charge in [-0.3, -0.25) is 4.70 Å². The van der Waals surface area contributed by atoms with Gasteiger partial charge in [0.2, 0.25) is 0 Å². The van der Waals surface area contributed by atoms with Crippen molar-refractivity contribution in [1.82, 2.24) is 0 Å². The molecule has 0 unspecified atom stereocenters. The number of nitrogen functional groups attached to an aromatic ring is 1. The van der Waals surface area contributed by atoms with E-state index in [0.717, 1.165) is 115 Å². The number of anilines is 6. The van der Waals surface area contributed by atoms with Crippen molar-refractivity contribution in [2.24, 2.45) is 0 Å². The van der Waals surface area contributed by atoms with E-state index in [-0.39, 0.29) is 76.5 Å². The third kappa shape index (κ3) is 21.5. The van der Waals surface area contributed by atoms with Crippen molar-refractivity contribution in [3.05, 3.63) is 505 Å². The maximum Gasteiger partial charge on any atom is 0.148 e. The first-order chi connectivity index (χ1) is 64.0. The molecule has 23 rings (SSSR count). The summed E-state index contributed by atoms with van der Waals surface area (Å²) in [5.74, 6) is -0.944. The molecule has 3 N–H and O–H groups in total. The molecule has 2 aromatic heterocycles. The Morgan fingerprint density at radius 1 is 0.289 bits per heavy atom. The summed E-state index contributed by atoms with van der Waals surface area (Å²) in [6.45, 7) is 0. The predicted octanol–water partition coefficient (Wildman–Crippen LogP) is 38.5. The van der Waals surface area contributed by atoms with Crippen molar-refractivity contribution < 1.29 is 19.3 Å². The zero-order valence-electron chi connectivity index (χ0n) is 71.7. The Bertz CT molecular complexity index is 7950. The van der Waals surface area contributed by atoms with E-state index >= 15 is 8.78 Å². The van der Waals surface area contributed by atoms with E-state index in [1.165, 1.54) is 77.4 Å². The van der Waals surface area contributed by atoms with Crippen LogP contribution in [0.4, 0.5) is 52.0 Å². The number of hydrogen-bond donors (Lipinski definition) is 2. The van der Waals surface area contributed by atoms with E-state index in [9.17, 15) is 4.39 Å². The largest absolute Gasteiger partial charge is 0.396 e. The Morgan fingerprint density at radius 2 is 0.622 bits per heavy atom. The molecule has 0 aliphatic carbocycles. The molecule has 13 heteroatoms. The topological polar surface area (TPSA) is 41.3 Å². The lowest BCUT2D eigenvalue weighted by Gasteiger charge is -2.30. The lowest BCUT2D eigenvalue weighted by Crippen LogP contribution is -2.14. The van der Waals surface area contributed by atoms with Gasteiger partial charge in [0.05, 0.1) is 22.7 Å². The van der Waals surface area contributed by atoms with Gasteiger partial charge in [-0.05, 0) is 207 Å². The van der Waals surface area contributed by atoms with E-state index in [2.05, 4.69) is 297 Å². The summed E-state index contributed by atoms with van der Waals surface area (Å²) in [6, 6.07) is 161. The summed E-state index contributed by atoms with van der Waals surface area (Å²) < 4.78 is 54.4. The number of benzene rings is 21. The Balaban J connectivity index is 0.000000154. The first kappa shape index (κ1) is 97.0. The fraction of sp³-hybridized carbons (Fsp3) is 0.0164. The number of halogens is 7. The Labute approximate surface area is 836 Å². The van der Waals surface area contributed by atoms with Gasteiger partial charge in [0.25, 0.3) is 0 Å². The van der Waals surface area contributed by atoms with Gasteiger partial charge in [-0.1, -0.05) is 419 Å². The molecule has 0 saturated heterocycles. The quantitative estimate of drug-likeness (QED) is 0.0523. The normalized spacial score (nSPS) is 10.6. The third-order valence-electron chi connectivity index (χ3n) is 23.3. The van der Waals surface area contributed by atoms with E-state index in [1.54, 1.807) is 12.1 Å². The van der Waals surface area contributed by atoms with Gasteiger partial charge in [0, 0.05) is 97.1 Å². The van der Waals surface area contributed by atoms with Crippen LogP contribution >= 0.6 is 85.2 Å². The molecule has 21 aromatic carbocycles. The monoisotopic (exact) mass is 2080 g/mol. The van der Waals surface area contributed by atoms with Crippen LogP contribution < -0.4 is 16.0 Å². The highest BCUT2D eigenvalue weighted by atomic mass is 127. The van der Waals surface area contributed by atoms with E-state index in [0.29, 0.717) is 11.4 Å². The van der Waals surface area contributed by atoms with E-state index < -0.39 is 0 Å². The van der Waals surface area contributed by atoms with Crippen LogP contribution in [0.1, 0.15) is 16.3 Å². The highest BCUT2D eigenvalue weighted by Gasteiger charge is 2.26. The molecule has 135 heavy (non-hydrogen) atoms. The summed E-state index contributed by atoms with van der Waals surface area (Å²) in [5.41, 5.74) is 25.4. The number of fused-ring (bicyclic) bond motifs is 9. The standard InChI is InChI=1S/C46H30FNS.C28H20FN.C18H11BrS.C18H14FN.C10H7I.2CH4.B.FH.HI.H2/c47-42-30-35(31-13-3-1-4-14-31)29-41(33-15-5-2-6-16-33)45(42)48(43-23-11-18-32-17-7-8-19-37(32)43)36-27-25-34(26-28-36)38-21-12-22-40-39-20-9-10-24-44(39)49-46(38)40;29-26-19-23(20-10-3-1-4-11-20)18-25(22-12-5-2-6-13-22)28(26)30-27-17-9-15-21-14-7-8-16-24(21)27;19-13-10-8-12(9-11-13)14-5-3-6-16-15-4-1-2-7-17(15)20-18(14)16;19-17-12-15(13-7-3-1-4-8-13)11-16(18(17)20)14-9-5-2-6-10-14;11-10-7-3-5-8-4-1-2-6-9(8)10;;;;;;/h1-30H;1-19,30H;1-11H;1-12H,20H2;1-7H;2*1H4;;3*1H. The minimum atomic E-state index is -0.384. The molecule has 0 amide bonds. The summed E-state index contributed by atoms with van der Waals surface area (Å²) in [4.78, 5) is 2.10. The van der Waals surface area contributed by atoms with Crippen molar-refractivity contribution in [2.75, 3.05) is 16.0 Å². The number of hydrogen-bond acceptors (Lipinski definition) is 5. The van der Waals surface area contributed by atoms with Crippen LogP contribution in [0.15, 0.2) is 484 Å². The summed E-state index contributed by atoms with van der Waals surface area (Å²) in [7, 11) is 0. The molecule has 3 radical (unpaired) electrons. The first-order valence-electron chi connectivity index (χ1n) is 42.9. The molecule has 0 spiro atoms. The average Bonchev–Trinajstić information content (AvgIpc) is 1.44. The molecule has 0 fully saturated rings. The summed E-state index contributed by atoms with van der Waals surface area (Å²) >= 11 is 9.56. The Morgan fingerprint density at radius 3 is 1.11 bits per heavy atom. The second-order valence-corrected chi connectivity index (χ2v) is 35.6. The number of nitrogens with zero attached hydrogens (tertiary/aromatic N) is 1. The average molecular weight is 2090 g/mol. The number of thiophene rings is 2. The second kappa shape index (κ2) is 45.1. The fourth-order valence-electron chi connectivity index (χ4n) is 16.9. The van der Waals surface area contributed by atoms with Crippen LogP contribution in [-0.2, 0) is 0 Å². The van der Waals surface area contributed by atoms with E-state index in [4.69, 9.17) is 5.73 Å². The van der Waals surface area contributed by atoms with Gasteiger partial charge >= 0.3 is 0 Å². The third-order valence-corrected chi connectivity index (χ3v) is 27.2. The van der Waals surface area contributed by atoms with Gasteiger partial charge < -0.3 is 16.0 Å². The number of nitrogens with two attached hydrogens (primary N) is 1. The molecule has 0 bridgehead atoms. The molecule has 0 aliphatic rings. The zero-order chi connectivity index (χ0) is 88.2. The van der Waals surface area contributed by atoms with Crippen LogP contribution in [0.2, 0.25) is 0 Å². The predicted molar refractivity (Wildman–Crippen MR) is 602 cm³/mol. The molecule has 0 saturated carbocycles. The lowest BCUT2D eigenvalue weighted by atomic mass is 9.95. The Kier molecular flexibility index (Phi) is 32.4. The molecule has 661 valence electrons. The van der Waals surface area contributed by atoms with Crippen LogP contribution in [0, 0.1) is 21.0 Å². The van der Waals surface area contributed by atoms with Gasteiger partial charge in [-0.2, -0.15) is 0 Å². The smallest absolute Gasteiger partial charge is 0.148 e. The van der Waals surface area contributed by atoms with Crippen molar-refractivity contribution in [3.63, 3.8) is 0 Å². The second-order valence-electron chi connectivity index (χ2n) is 31.4. The van der Waals surface area contributed by atoms with Crippen LogP contribution in [0.25, 0.3) is 162 Å². The molecular formula is C122H94BBrF4I2N3S2. The first-order valence-corrected chi connectivity index (χ1v) is 46.4. The van der Waals surface area contributed by atoms with E-state index in [1.807, 2.05) is 235 Å². The molecule has 2 heterocycles. The SMILES string of the molecule is Brc1ccc(-c2cccc3c2sc2ccccc23)cc1.C.C.F.Fc1cc(-c2ccccc2)cc(-c2ccccc2)c1N(c1ccc(-c2cccc3c2sc2ccccc23)cc1)c1cccc2ccccc12.Fc1cc(-c2ccccc2)cc(-c2ccccc2)c1Nc1cccc2ccccc12.I.Ic1cccc2ccccc12.Nc1c(F)cc(-c2ccccc2)cc1-c1ccccc1.[B].[HH]. The highest BCUT2D eigenvalue weighted by molar-refractivity contribution is 14.1. The molecular weight excluding hydrogens is 1990 g/mol. The minimum absolute atomic E-state index is 0. The molecule has 0 atom stereocenters. The van der Waals surface area contributed by atoms with Crippen molar-refractivity contribution in [3.8, 4) is 89.0 Å². The zero-order valence-corrected chi connectivity index (χ0v) is 79.4. The van der Waals surface area contributed by atoms with Crippen LogP contribution in [0.5, 0.6) is 0 Å².